The van der Waals surface area contributed by atoms with Crippen LogP contribution in [0.25, 0.3) is 0 Å². The number of likely N-dealkylation sites (N-methyl/N-ethyl adjacent to an activating group) is 1. The van der Waals surface area contributed by atoms with Gasteiger partial charge in [-0.3, -0.25) is 0 Å². The second kappa shape index (κ2) is 6.91. The molecule has 1 aromatic carbocycles. The molecule has 2 rings (SSSR count). The van der Waals surface area contributed by atoms with Crippen LogP contribution in [-0.4, -0.2) is 47.5 Å². The first-order chi connectivity index (χ1) is 9.72. The van der Waals surface area contributed by atoms with Crippen LogP contribution in [-0.2, 0) is 13.1 Å². The summed E-state index contributed by atoms with van der Waals surface area (Å²) in [6.45, 7) is 2.64. The maximum Gasteiger partial charge on any atom is 0.161 e. The molecule has 0 N–H and O–H groups in total. The first-order valence-electron chi connectivity index (χ1n) is 6.45. The Hall–Kier alpha value is -2.08. The summed E-state index contributed by atoms with van der Waals surface area (Å²) in [6.07, 6.45) is 3.45. The topological polar surface area (TPSA) is 52.4 Å². The van der Waals surface area contributed by atoms with Gasteiger partial charge < -0.3 is 18.9 Å². The fraction of sp³-hybridized carbons (Fsp3) is 0.429. The number of ether oxygens (including phenoxy) is 2. The zero-order chi connectivity index (χ0) is 14.4. The molecule has 108 valence electrons. The molecule has 0 aliphatic heterocycles. The van der Waals surface area contributed by atoms with E-state index in [0.717, 1.165) is 31.1 Å². The van der Waals surface area contributed by atoms with Crippen molar-refractivity contribution >= 4 is 0 Å². The molecule has 1 aromatic heterocycles. The van der Waals surface area contributed by atoms with Crippen LogP contribution in [0, 0.1) is 0 Å². The molecule has 0 spiro atoms. The summed E-state index contributed by atoms with van der Waals surface area (Å²) in [7, 11) is 5.38. The van der Waals surface area contributed by atoms with Gasteiger partial charge in [-0.05, 0) is 24.7 Å². The molecule has 0 radical (unpaired) electrons. The van der Waals surface area contributed by atoms with Crippen molar-refractivity contribution in [1.29, 1.82) is 0 Å². The van der Waals surface area contributed by atoms with Gasteiger partial charge >= 0.3 is 0 Å². The van der Waals surface area contributed by atoms with Gasteiger partial charge in [0.1, 0.15) is 12.7 Å². The van der Waals surface area contributed by atoms with Crippen LogP contribution in [0.1, 0.15) is 5.56 Å². The lowest BCUT2D eigenvalue weighted by Crippen LogP contribution is -2.22. The quantitative estimate of drug-likeness (QED) is 0.765. The molecule has 0 saturated carbocycles. The zero-order valence-electron chi connectivity index (χ0n) is 12.1. The smallest absolute Gasteiger partial charge is 0.161 e. The molecule has 0 aliphatic carbocycles. The highest BCUT2D eigenvalue weighted by Gasteiger charge is 2.06. The van der Waals surface area contributed by atoms with E-state index in [4.69, 9.17) is 9.47 Å². The van der Waals surface area contributed by atoms with Crippen molar-refractivity contribution in [1.82, 2.24) is 19.7 Å². The maximum absolute atomic E-state index is 5.31. The van der Waals surface area contributed by atoms with Crippen molar-refractivity contribution < 1.29 is 9.47 Å². The van der Waals surface area contributed by atoms with E-state index in [1.165, 1.54) is 5.56 Å². The molecular formula is C14H20N4O2. The second-order valence-electron chi connectivity index (χ2n) is 4.63. The molecule has 0 saturated heterocycles. The van der Waals surface area contributed by atoms with E-state index in [2.05, 4.69) is 28.2 Å². The Morgan fingerprint density at radius 2 is 1.80 bits per heavy atom. The maximum atomic E-state index is 5.31. The lowest BCUT2D eigenvalue weighted by atomic mass is 10.2. The van der Waals surface area contributed by atoms with Gasteiger partial charge in [0, 0.05) is 19.6 Å². The SMILES string of the molecule is COc1ccc(CN(C)CCn2cnnc2)cc1OC. The van der Waals surface area contributed by atoms with E-state index in [1.807, 2.05) is 16.7 Å². The molecule has 6 nitrogen and oxygen atoms in total. The lowest BCUT2D eigenvalue weighted by Gasteiger charge is -2.17. The Balaban J connectivity index is 1.91. The molecule has 1 heterocycles. The lowest BCUT2D eigenvalue weighted by molar-refractivity contribution is 0.309. The van der Waals surface area contributed by atoms with E-state index in [1.54, 1.807) is 26.9 Å². The van der Waals surface area contributed by atoms with Gasteiger partial charge in [0.05, 0.1) is 14.2 Å². The normalized spacial score (nSPS) is 10.8. The Bertz CT molecular complexity index is 528. The van der Waals surface area contributed by atoms with Crippen molar-refractivity contribution in [3.8, 4) is 11.5 Å². The molecule has 0 amide bonds. The largest absolute Gasteiger partial charge is 0.493 e. The van der Waals surface area contributed by atoms with Crippen molar-refractivity contribution in [2.75, 3.05) is 27.8 Å². The van der Waals surface area contributed by atoms with Gasteiger partial charge in [-0.25, -0.2) is 0 Å². The first-order valence-corrected chi connectivity index (χ1v) is 6.45. The van der Waals surface area contributed by atoms with Crippen molar-refractivity contribution in [3.63, 3.8) is 0 Å². The number of aromatic nitrogens is 3. The molecule has 0 unspecified atom stereocenters. The van der Waals surface area contributed by atoms with E-state index < -0.39 is 0 Å². The Morgan fingerprint density at radius 3 is 2.45 bits per heavy atom. The van der Waals surface area contributed by atoms with E-state index in [-0.39, 0.29) is 0 Å². The van der Waals surface area contributed by atoms with Gasteiger partial charge in [0.2, 0.25) is 0 Å². The summed E-state index contributed by atoms with van der Waals surface area (Å²) >= 11 is 0. The predicted octanol–water partition coefficient (Wildman–Crippen LogP) is 1.43. The molecule has 0 aliphatic rings. The van der Waals surface area contributed by atoms with Crippen LogP contribution >= 0.6 is 0 Å². The van der Waals surface area contributed by atoms with E-state index in [0.29, 0.717) is 0 Å². The predicted molar refractivity (Wildman–Crippen MR) is 75.9 cm³/mol. The summed E-state index contributed by atoms with van der Waals surface area (Å²) < 4.78 is 12.5. The number of hydrogen-bond donors (Lipinski definition) is 0. The molecule has 2 aromatic rings. The van der Waals surface area contributed by atoms with Gasteiger partial charge in [0.15, 0.2) is 11.5 Å². The Morgan fingerprint density at radius 1 is 1.10 bits per heavy atom. The van der Waals surface area contributed by atoms with Crippen LogP contribution in [0.3, 0.4) is 0 Å². The minimum absolute atomic E-state index is 0.753. The number of nitrogens with zero attached hydrogens (tertiary/aromatic N) is 4. The average molecular weight is 276 g/mol. The van der Waals surface area contributed by atoms with Crippen LogP contribution in [0.4, 0.5) is 0 Å². The summed E-state index contributed by atoms with van der Waals surface area (Å²) in [5.74, 6) is 1.51. The van der Waals surface area contributed by atoms with Crippen LogP contribution in [0.2, 0.25) is 0 Å². The average Bonchev–Trinajstić information content (AvgIpc) is 2.98. The number of methoxy groups -OCH3 is 2. The fourth-order valence-corrected chi connectivity index (χ4v) is 1.99. The third-order valence-electron chi connectivity index (χ3n) is 3.11. The summed E-state index contributed by atoms with van der Waals surface area (Å²) in [5, 5.41) is 7.58. The molecule has 0 bridgehead atoms. The minimum Gasteiger partial charge on any atom is -0.493 e. The van der Waals surface area contributed by atoms with Crippen LogP contribution in [0.15, 0.2) is 30.9 Å². The molecule has 0 fully saturated rings. The number of rotatable bonds is 7. The monoisotopic (exact) mass is 276 g/mol. The van der Waals surface area contributed by atoms with Crippen molar-refractivity contribution in [3.05, 3.63) is 36.4 Å². The highest BCUT2D eigenvalue weighted by atomic mass is 16.5. The highest BCUT2D eigenvalue weighted by molar-refractivity contribution is 5.42. The first kappa shape index (κ1) is 14.3. The van der Waals surface area contributed by atoms with Gasteiger partial charge in [-0.2, -0.15) is 0 Å². The van der Waals surface area contributed by atoms with Gasteiger partial charge in [-0.1, -0.05) is 6.07 Å². The van der Waals surface area contributed by atoms with Crippen molar-refractivity contribution in [2.45, 2.75) is 13.1 Å². The fourth-order valence-electron chi connectivity index (χ4n) is 1.99. The number of benzene rings is 1. The van der Waals surface area contributed by atoms with Crippen LogP contribution in [0.5, 0.6) is 11.5 Å². The summed E-state index contributed by atoms with van der Waals surface area (Å²) in [5.41, 5.74) is 1.19. The van der Waals surface area contributed by atoms with Crippen molar-refractivity contribution in [2.24, 2.45) is 0 Å². The second-order valence-corrected chi connectivity index (χ2v) is 4.63. The standard InChI is InChI=1S/C14H20N4O2/c1-17(6-7-18-10-15-16-11-18)9-12-4-5-13(19-2)14(8-12)20-3/h4-5,8,10-11H,6-7,9H2,1-3H3. The minimum atomic E-state index is 0.753. The third kappa shape index (κ3) is 3.71. The summed E-state index contributed by atoms with van der Waals surface area (Å²) in [4.78, 5) is 2.24. The van der Waals surface area contributed by atoms with E-state index in [9.17, 15) is 0 Å². The van der Waals surface area contributed by atoms with Crippen LogP contribution < -0.4 is 9.47 Å². The molecule has 6 heteroatoms. The Labute approximate surface area is 118 Å². The Kier molecular flexibility index (Phi) is 4.95. The molecule has 20 heavy (non-hydrogen) atoms. The van der Waals surface area contributed by atoms with E-state index >= 15 is 0 Å². The third-order valence-corrected chi connectivity index (χ3v) is 3.11. The number of hydrogen-bond acceptors (Lipinski definition) is 5. The zero-order valence-corrected chi connectivity index (χ0v) is 12.1. The molecular weight excluding hydrogens is 256 g/mol. The molecule has 0 atom stereocenters. The highest BCUT2D eigenvalue weighted by Crippen LogP contribution is 2.27. The summed E-state index contributed by atoms with van der Waals surface area (Å²) in [6, 6.07) is 5.99. The van der Waals surface area contributed by atoms with Gasteiger partial charge in [0.25, 0.3) is 0 Å². The van der Waals surface area contributed by atoms with Gasteiger partial charge in [-0.15, -0.1) is 10.2 Å².